The SMILES string of the molecule is COc1cccc(CNCCCNC(C)C(O)c2ccccc2)c1OC. The fraction of sp³-hybridized carbons (Fsp3) is 0.429. The van der Waals surface area contributed by atoms with Crippen LogP contribution in [0.1, 0.15) is 30.6 Å². The minimum atomic E-state index is -0.495. The lowest BCUT2D eigenvalue weighted by atomic mass is 10.0. The molecule has 0 aromatic heterocycles. The molecule has 26 heavy (non-hydrogen) atoms. The predicted molar refractivity (Wildman–Crippen MR) is 105 cm³/mol. The van der Waals surface area contributed by atoms with Crippen LogP contribution in [0.2, 0.25) is 0 Å². The molecule has 2 aromatic carbocycles. The first-order valence-corrected chi connectivity index (χ1v) is 9.04. The van der Waals surface area contributed by atoms with Crippen molar-refractivity contribution in [3.63, 3.8) is 0 Å². The van der Waals surface area contributed by atoms with E-state index >= 15 is 0 Å². The highest BCUT2D eigenvalue weighted by Crippen LogP contribution is 2.30. The average molecular weight is 358 g/mol. The molecule has 0 spiro atoms. The van der Waals surface area contributed by atoms with Gasteiger partial charge in [0.2, 0.25) is 0 Å². The summed E-state index contributed by atoms with van der Waals surface area (Å²) in [6.07, 6.45) is 0.475. The summed E-state index contributed by atoms with van der Waals surface area (Å²) < 4.78 is 10.8. The Morgan fingerprint density at radius 1 is 0.962 bits per heavy atom. The maximum atomic E-state index is 10.3. The smallest absolute Gasteiger partial charge is 0.165 e. The van der Waals surface area contributed by atoms with E-state index in [0.29, 0.717) is 0 Å². The van der Waals surface area contributed by atoms with Crippen LogP contribution in [0.5, 0.6) is 11.5 Å². The Balaban J connectivity index is 1.68. The summed E-state index contributed by atoms with van der Waals surface area (Å²) in [5.74, 6) is 1.53. The molecule has 2 rings (SSSR count). The standard InChI is InChI=1S/C21H30N2O3/c1-16(20(24)17-9-5-4-6-10-17)23-14-8-13-22-15-18-11-7-12-19(25-2)21(18)26-3/h4-7,9-12,16,20,22-24H,8,13-15H2,1-3H3. The molecule has 0 aliphatic heterocycles. The molecule has 0 heterocycles. The van der Waals surface area contributed by atoms with Crippen LogP contribution in [0.15, 0.2) is 48.5 Å². The van der Waals surface area contributed by atoms with Gasteiger partial charge < -0.3 is 25.2 Å². The molecule has 0 bridgehead atoms. The molecule has 142 valence electrons. The van der Waals surface area contributed by atoms with E-state index in [1.165, 1.54) is 0 Å². The van der Waals surface area contributed by atoms with Gasteiger partial charge in [-0.15, -0.1) is 0 Å². The zero-order valence-corrected chi connectivity index (χ0v) is 15.9. The largest absolute Gasteiger partial charge is 0.493 e. The summed E-state index contributed by atoms with van der Waals surface area (Å²) in [6, 6.07) is 15.7. The maximum Gasteiger partial charge on any atom is 0.165 e. The Morgan fingerprint density at radius 2 is 1.73 bits per heavy atom. The van der Waals surface area contributed by atoms with Gasteiger partial charge in [0.1, 0.15) is 0 Å². The van der Waals surface area contributed by atoms with Crippen LogP contribution < -0.4 is 20.1 Å². The van der Waals surface area contributed by atoms with Crippen molar-refractivity contribution in [2.24, 2.45) is 0 Å². The Hall–Kier alpha value is -2.08. The van der Waals surface area contributed by atoms with Crippen LogP contribution >= 0.6 is 0 Å². The quantitative estimate of drug-likeness (QED) is 0.539. The van der Waals surface area contributed by atoms with Gasteiger partial charge in [0.15, 0.2) is 11.5 Å². The minimum absolute atomic E-state index is 0.0101. The number of hydrogen-bond acceptors (Lipinski definition) is 5. The first-order chi connectivity index (χ1) is 12.7. The second kappa shape index (κ2) is 10.8. The van der Waals surface area contributed by atoms with E-state index in [0.717, 1.165) is 48.7 Å². The van der Waals surface area contributed by atoms with Crippen LogP contribution in [0.4, 0.5) is 0 Å². The molecule has 0 radical (unpaired) electrons. The third-order valence-electron chi connectivity index (χ3n) is 4.41. The van der Waals surface area contributed by atoms with Crippen molar-refractivity contribution in [1.29, 1.82) is 0 Å². The summed E-state index contributed by atoms with van der Waals surface area (Å²) in [6.45, 7) is 4.45. The van der Waals surface area contributed by atoms with E-state index in [1.54, 1.807) is 14.2 Å². The van der Waals surface area contributed by atoms with E-state index in [-0.39, 0.29) is 6.04 Å². The highest BCUT2D eigenvalue weighted by atomic mass is 16.5. The van der Waals surface area contributed by atoms with Gasteiger partial charge in [-0.2, -0.15) is 0 Å². The number of para-hydroxylation sites is 1. The molecular formula is C21H30N2O3. The number of benzene rings is 2. The van der Waals surface area contributed by atoms with Gasteiger partial charge in [0, 0.05) is 18.2 Å². The summed E-state index contributed by atoms with van der Waals surface area (Å²) in [4.78, 5) is 0. The van der Waals surface area contributed by atoms with E-state index < -0.39 is 6.10 Å². The lowest BCUT2D eigenvalue weighted by molar-refractivity contribution is 0.136. The molecule has 0 aliphatic carbocycles. The number of methoxy groups -OCH3 is 2. The first kappa shape index (κ1) is 20.2. The third-order valence-corrected chi connectivity index (χ3v) is 4.41. The number of rotatable bonds is 11. The topological polar surface area (TPSA) is 62.8 Å². The van der Waals surface area contributed by atoms with Crippen molar-refractivity contribution >= 4 is 0 Å². The molecular weight excluding hydrogens is 328 g/mol. The zero-order chi connectivity index (χ0) is 18.8. The monoisotopic (exact) mass is 358 g/mol. The molecule has 0 saturated heterocycles. The Kier molecular flexibility index (Phi) is 8.41. The van der Waals surface area contributed by atoms with E-state index in [9.17, 15) is 5.11 Å². The highest BCUT2D eigenvalue weighted by Gasteiger charge is 2.15. The van der Waals surface area contributed by atoms with Gasteiger partial charge in [-0.05, 0) is 38.1 Å². The summed E-state index contributed by atoms with van der Waals surface area (Å²) in [5.41, 5.74) is 2.02. The molecule has 2 atom stereocenters. The summed E-state index contributed by atoms with van der Waals surface area (Å²) in [7, 11) is 3.30. The van der Waals surface area contributed by atoms with Gasteiger partial charge in [0.05, 0.1) is 20.3 Å². The van der Waals surface area contributed by atoms with Crippen LogP contribution in [0, 0.1) is 0 Å². The fourth-order valence-electron chi connectivity index (χ4n) is 2.91. The molecule has 0 fully saturated rings. The predicted octanol–water partition coefficient (Wildman–Crippen LogP) is 2.90. The molecule has 0 amide bonds. The Bertz CT molecular complexity index is 649. The number of aliphatic hydroxyl groups is 1. The van der Waals surface area contributed by atoms with Crippen LogP contribution in [0.25, 0.3) is 0 Å². The van der Waals surface area contributed by atoms with Gasteiger partial charge in [-0.3, -0.25) is 0 Å². The van der Waals surface area contributed by atoms with E-state index in [4.69, 9.17) is 9.47 Å². The number of ether oxygens (including phenoxy) is 2. The van der Waals surface area contributed by atoms with Crippen molar-refractivity contribution in [3.05, 3.63) is 59.7 Å². The summed E-state index contributed by atoms with van der Waals surface area (Å²) >= 11 is 0. The van der Waals surface area contributed by atoms with Gasteiger partial charge in [-0.1, -0.05) is 42.5 Å². The maximum absolute atomic E-state index is 10.3. The number of hydrogen-bond donors (Lipinski definition) is 3. The molecule has 2 unspecified atom stereocenters. The lowest BCUT2D eigenvalue weighted by Crippen LogP contribution is -2.34. The van der Waals surface area contributed by atoms with E-state index in [1.807, 2.05) is 55.5 Å². The third kappa shape index (κ3) is 5.73. The van der Waals surface area contributed by atoms with Crippen molar-refractivity contribution in [1.82, 2.24) is 10.6 Å². The highest BCUT2D eigenvalue weighted by molar-refractivity contribution is 5.46. The summed E-state index contributed by atoms with van der Waals surface area (Å²) in [5, 5.41) is 17.2. The molecule has 5 nitrogen and oxygen atoms in total. The van der Waals surface area contributed by atoms with Crippen LogP contribution in [-0.2, 0) is 6.54 Å². The molecule has 3 N–H and O–H groups in total. The van der Waals surface area contributed by atoms with Gasteiger partial charge >= 0.3 is 0 Å². The van der Waals surface area contributed by atoms with Crippen molar-refractivity contribution in [2.45, 2.75) is 32.0 Å². The second-order valence-corrected chi connectivity index (χ2v) is 6.28. The van der Waals surface area contributed by atoms with Crippen LogP contribution in [-0.4, -0.2) is 38.5 Å². The fourth-order valence-corrected chi connectivity index (χ4v) is 2.91. The van der Waals surface area contributed by atoms with Gasteiger partial charge in [-0.25, -0.2) is 0 Å². The van der Waals surface area contributed by atoms with Gasteiger partial charge in [0.25, 0.3) is 0 Å². The Labute approximate surface area is 156 Å². The second-order valence-electron chi connectivity index (χ2n) is 6.28. The number of nitrogens with one attached hydrogen (secondary N) is 2. The normalized spacial score (nSPS) is 13.2. The molecule has 0 saturated carbocycles. The Morgan fingerprint density at radius 3 is 2.42 bits per heavy atom. The van der Waals surface area contributed by atoms with Crippen LogP contribution in [0.3, 0.4) is 0 Å². The van der Waals surface area contributed by atoms with Crippen molar-refractivity contribution in [2.75, 3.05) is 27.3 Å². The zero-order valence-electron chi connectivity index (χ0n) is 15.9. The van der Waals surface area contributed by atoms with Crippen molar-refractivity contribution in [3.8, 4) is 11.5 Å². The minimum Gasteiger partial charge on any atom is -0.493 e. The molecule has 5 heteroatoms. The molecule has 2 aromatic rings. The average Bonchev–Trinajstić information content (AvgIpc) is 2.70. The lowest BCUT2D eigenvalue weighted by Gasteiger charge is -2.20. The molecule has 0 aliphatic rings. The van der Waals surface area contributed by atoms with E-state index in [2.05, 4.69) is 10.6 Å². The number of aliphatic hydroxyl groups excluding tert-OH is 1. The first-order valence-electron chi connectivity index (χ1n) is 9.04. The van der Waals surface area contributed by atoms with Crippen molar-refractivity contribution < 1.29 is 14.6 Å².